The van der Waals surface area contributed by atoms with Gasteiger partial charge in [0.2, 0.25) is 0 Å². The number of rotatable bonds is 17. The molecule has 0 radical (unpaired) electrons. The largest absolute Gasteiger partial charge is 0.457 e. The molecule has 1 heterocycles. The van der Waals surface area contributed by atoms with E-state index in [1.165, 1.54) is 70.6 Å². The molecule has 1 aromatic carbocycles. The minimum atomic E-state index is -0.364. The summed E-state index contributed by atoms with van der Waals surface area (Å²) in [5.41, 5.74) is 0.991. The number of unbranched alkanes of at least 4 members (excludes halogenated alkanes) is 11. The molecule has 0 aromatic heterocycles. The molecule has 180 valence electrons. The maximum Gasteiger partial charge on any atom is 0.306 e. The van der Waals surface area contributed by atoms with E-state index in [2.05, 4.69) is 19.1 Å². The molecule has 4 heteroatoms. The Balaban J connectivity index is 1.37. The molecule has 2 rings (SSSR count). The van der Waals surface area contributed by atoms with Gasteiger partial charge in [-0.15, -0.1) is 0 Å². The third kappa shape index (κ3) is 12.4. The number of allylic oxidation sites excluding steroid dienone is 2. The molecule has 0 unspecified atom stereocenters. The van der Waals surface area contributed by atoms with Gasteiger partial charge < -0.3 is 14.2 Å². The lowest BCUT2D eigenvalue weighted by molar-refractivity contribution is -0.229. The summed E-state index contributed by atoms with van der Waals surface area (Å²) < 4.78 is 16.9. The standard InChI is InChI=1S/C28H44O4/c1-2-3-4-5-6-7-8-9-10-11-12-13-14-15-19-22-27(29)32-26-23-30-28(31-24-26)25-20-17-16-18-21-25/h9-10,16-18,20-21,26,28H,2-8,11-15,19,22-24H2,1H3/b10-9+. The van der Waals surface area contributed by atoms with Crippen LogP contribution in [0.5, 0.6) is 0 Å². The molecule has 0 bridgehead atoms. The number of carbonyl (C=O) groups excluding carboxylic acids is 1. The summed E-state index contributed by atoms with van der Waals surface area (Å²) in [4.78, 5) is 12.1. The van der Waals surface area contributed by atoms with E-state index >= 15 is 0 Å². The van der Waals surface area contributed by atoms with E-state index in [1.54, 1.807) is 0 Å². The van der Waals surface area contributed by atoms with Crippen LogP contribution in [0.3, 0.4) is 0 Å². The second-order valence-corrected chi connectivity index (χ2v) is 8.86. The highest BCUT2D eigenvalue weighted by molar-refractivity contribution is 5.69. The molecule has 0 N–H and O–H groups in total. The van der Waals surface area contributed by atoms with Gasteiger partial charge in [-0.3, -0.25) is 4.79 Å². The highest BCUT2D eigenvalue weighted by Gasteiger charge is 2.25. The topological polar surface area (TPSA) is 44.8 Å². The molecular weight excluding hydrogens is 400 g/mol. The monoisotopic (exact) mass is 444 g/mol. The number of esters is 1. The zero-order chi connectivity index (χ0) is 22.7. The SMILES string of the molecule is CCCCCCCC/C=C/CCCCCCCC(=O)OC1COC(c2ccccc2)OC1. The van der Waals surface area contributed by atoms with Crippen molar-refractivity contribution in [3.05, 3.63) is 48.0 Å². The van der Waals surface area contributed by atoms with Crippen molar-refractivity contribution in [3.8, 4) is 0 Å². The van der Waals surface area contributed by atoms with Crippen molar-refractivity contribution >= 4 is 5.97 Å². The minimum Gasteiger partial charge on any atom is -0.457 e. The molecular formula is C28H44O4. The number of hydrogen-bond acceptors (Lipinski definition) is 4. The van der Waals surface area contributed by atoms with Crippen LogP contribution in [0.2, 0.25) is 0 Å². The van der Waals surface area contributed by atoms with Crippen molar-refractivity contribution in [3.63, 3.8) is 0 Å². The smallest absolute Gasteiger partial charge is 0.306 e. The highest BCUT2D eigenvalue weighted by Crippen LogP contribution is 2.23. The van der Waals surface area contributed by atoms with Crippen LogP contribution in [-0.4, -0.2) is 25.3 Å². The molecule has 1 aliphatic rings. The van der Waals surface area contributed by atoms with Crippen LogP contribution in [-0.2, 0) is 19.0 Å². The molecule has 0 amide bonds. The molecule has 0 atom stereocenters. The first-order valence-electron chi connectivity index (χ1n) is 12.9. The minimum absolute atomic E-state index is 0.141. The van der Waals surface area contributed by atoms with Gasteiger partial charge in [0.05, 0.1) is 13.2 Å². The Labute approximate surface area is 195 Å². The summed E-state index contributed by atoms with van der Waals surface area (Å²) in [5.74, 6) is -0.141. The number of hydrogen-bond donors (Lipinski definition) is 0. The Kier molecular flexibility index (Phi) is 14.8. The van der Waals surface area contributed by atoms with E-state index in [-0.39, 0.29) is 18.4 Å². The average molecular weight is 445 g/mol. The first-order chi connectivity index (χ1) is 15.8. The van der Waals surface area contributed by atoms with Gasteiger partial charge >= 0.3 is 5.97 Å². The zero-order valence-corrected chi connectivity index (χ0v) is 20.1. The van der Waals surface area contributed by atoms with Gasteiger partial charge in [0, 0.05) is 12.0 Å². The predicted octanol–water partition coefficient (Wildman–Crippen LogP) is 7.68. The number of ether oxygens (including phenoxy) is 3. The van der Waals surface area contributed by atoms with Gasteiger partial charge in [-0.05, 0) is 32.1 Å². The summed E-state index contributed by atoms with van der Waals surface area (Å²) in [7, 11) is 0. The van der Waals surface area contributed by atoms with E-state index in [0.717, 1.165) is 18.4 Å². The van der Waals surface area contributed by atoms with Crippen molar-refractivity contribution in [2.45, 2.75) is 109 Å². The second kappa shape index (κ2) is 17.9. The van der Waals surface area contributed by atoms with Crippen LogP contribution in [0.15, 0.2) is 42.5 Å². The molecule has 0 spiro atoms. The molecule has 1 saturated heterocycles. The van der Waals surface area contributed by atoms with Crippen molar-refractivity contribution in [1.29, 1.82) is 0 Å². The molecule has 0 saturated carbocycles. The van der Waals surface area contributed by atoms with Gasteiger partial charge in [-0.2, -0.15) is 0 Å². The highest BCUT2D eigenvalue weighted by atomic mass is 16.7. The lowest BCUT2D eigenvalue weighted by atomic mass is 10.1. The van der Waals surface area contributed by atoms with Crippen molar-refractivity contribution in [1.82, 2.24) is 0 Å². The fourth-order valence-corrected chi connectivity index (χ4v) is 3.94. The molecule has 32 heavy (non-hydrogen) atoms. The second-order valence-electron chi connectivity index (χ2n) is 8.86. The molecule has 1 fully saturated rings. The fraction of sp³-hybridized carbons (Fsp3) is 0.679. The van der Waals surface area contributed by atoms with E-state index < -0.39 is 0 Å². The van der Waals surface area contributed by atoms with E-state index in [1.807, 2.05) is 30.3 Å². The van der Waals surface area contributed by atoms with Crippen LogP contribution in [0.25, 0.3) is 0 Å². The van der Waals surface area contributed by atoms with Gasteiger partial charge in [0.15, 0.2) is 6.29 Å². The van der Waals surface area contributed by atoms with Crippen LogP contribution < -0.4 is 0 Å². The Morgan fingerprint density at radius 2 is 1.41 bits per heavy atom. The third-order valence-electron chi connectivity index (χ3n) is 5.88. The summed E-state index contributed by atoms with van der Waals surface area (Å²) in [6.07, 6.45) is 20.8. The van der Waals surface area contributed by atoms with E-state index in [9.17, 15) is 4.79 Å². The van der Waals surface area contributed by atoms with E-state index in [4.69, 9.17) is 14.2 Å². The Morgan fingerprint density at radius 3 is 2.03 bits per heavy atom. The lowest BCUT2D eigenvalue weighted by Gasteiger charge is -2.29. The van der Waals surface area contributed by atoms with Crippen LogP contribution in [0.1, 0.15) is 109 Å². The third-order valence-corrected chi connectivity index (χ3v) is 5.88. The first-order valence-corrected chi connectivity index (χ1v) is 12.9. The Morgan fingerprint density at radius 1 is 0.844 bits per heavy atom. The summed E-state index contributed by atoms with van der Waals surface area (Å²) in [6.45, 7) is 3.04. The zero-order valence-electron chi connectivity index (χ0n) is 20.1. The first kappa shape index (κ1) is 26.6. The van der Waals surface area contributed by atoms with E-state index in [0.29, 0.717) is 19.6 Å². The number of carbonyl (C=O) groups is 1. The van der Waals surface area contributed by atoms with Crippen LogP contribution in [0.4, 0.5) is 0 Å². The summed E-state index contributed by atoms with van der Waals surface area (Å²) in [5, 5.41) is 0. The molecule has 1 aromatic rings. The lowest BCUT2D eigenvalue weighted by Crippen LogP contribution is -2.35. The fourth-order valence-electron chi connectivity index (χ4n) is 3.94. The van der Waals surface area contributed by atoms with Crippen LogP contribution in [0, 0.1) is 0 Å². The molecule has 1 aliphatic heterocycles. The molecule has 0 aliphatic carbocycles. The predicted molar refractivity (Wildman–Crippen MR) is 130 cm³/mol. The summed E-state index contributed by atoms with van der Waals surface area (Å²) >= 11 is 0. The van der Waals surface area contributed by atoms with Crippen molar-refractivity contribution < 1.29 is 19.0 Å². The maximum absolute atomic E-state index is 12.1. The number of benzene rings is 1. The maximum atomic E-state index is 12.1. The summed E-state index contributed by atoms with van der Waals surface area (Å²) in [6, 6.07) is 9.84. The van der Waals surface area contributed by atoms with Gasteiger partial charge in [0.1, 0.15) is 6.10 Å². The Bertz CT molecular complexity index is 605. The normalized spacial score (nSPS) is 18.8. The van der Waals surface area contributed by atoms with Gasteiger partial charge in [-0.25, -0.2) is 0 Å². The average Bonchev–Trinajstić information content (AvgIpc) is 2.82. The van der Waals surface area contributed by atoms with Gasteiger partial charge in [0.25, 0.3) is 0 Å². The quantitative estimate of drug-likeness (QED) is 0.140. The Hall–Kier alpha value is -1.65. The van der Waals surface area contributed by atoms with Crippen LogP contribution >= 0.6 is 0 Å². The van der Waals surface area contributed by atoms with Gasteiger partial charge in [-0.1, -0.05) is 101 Å². The molecule has 4 nitrogen and oxygen atoms in total. The van der Waals surface area contributed by atoms with Crippen molar-refractivity contribution in [2.75, 3.05) is 13.2 Å². The van der Waals surface area contributed by atoms with Crippen molar-refractivity contribution in [2.24, 2.45) is 0 Å².